The molecule has 23 heavy (non-hydrogen) atoms. The van der Waals surface area contributed by atoms with Crippen molar-refractivity contribution < 1.29 is 14.7 Å². The van der Waals surface area contributed by atoms with Crippen LogP contribution in [-0.2, 0) is 4.79 Å². The fourth-order valence-electron chi connectivity index (χ4n) is 2.37. The summed E-state index contributed by atoms with van der Waals surface area (Å²) in [5, 5.41) is 12.1. The van der Waals surface area contributed by atoms with Gasteiger partial charge in [-0.05, 0) is 37.1 Å². The summed E-state index contributed by atoms with van der Waals surface area (Å²) in [6.45, 7) is 0.695. The van der Waals surface area contributed by atoms with Crippen LogP contribution < -0.4 is 5.32 Å². The lowest BCUT2D eigenvalue weighted by atomic mass is 10.1. The van der Waals surface area contributed by atoms with Crippen molar-refractivity contribution in [2.24, 2.45) is 0 Å². The fourth-order valence-corrected chi connectivity index (χ4v) is 2.49. The number of hydrogen-bond acceptors (Lipinski definition) is 2. The number of carbonyl (C=O) groups is 2. The van der Waals surface area contributed by atoms with Crippen molar-refractivity contribution in [2.75, 3.05) is 6.54 Å². The van der Waals surface area contributed by atoms with Crippen LogP contribution in [0, 0.1) is 0 Å². The molecular formula is C18H26ClNO3. The number of benzene rings is 1. The van der Waals surface area contributed by atoms with E-state index in [2.05, 4.69) is 5.32 Å². The summed E-state index contributed by atoms with van der Waals surface area (Å²) in [5.74, 6) is -0.759. The predicted molar refractivity (Wildman–Crippen MR) is 93.0 cm³/mol. The number of aliphatic carboxylic acids is 1. The van der Waals surface area contributed by atoms with E-state index in [1.54, 1.807) is 24.3 Å². The van der Waals surface area contributed by atoms with E-state index in [0.29, 0.717) is 17.1 Å². The fraction of sp³-hybridized carbons (Fsp3) is 0.556. The normalized spacial score (nSPS) is 10.5. The molecule has 0 aliphatic carbocycles. The van der Waals surface area contributed by atoms with Crippen molar-refractivity contribution in [3.05, 3.63) is 34.9 Å². The highest BCUT2D eigenvalue weighted by molar-refractivity contribution is 6.30. The van der Waals surface area contributed by atoms with Crippen molar-refractivity contribution in [2.45, 2.75) is 57.8 Å². The van der Waals surface area contributed by atoms with Crippen LogP contribution >= 0.6 is 11.6 Å². The van der Waals surface area contributed by atoms with E-state index < -0.39 is 5.97 Å². The molecule has 0 atom stereocenters. The van der Waals surface area contributed by atoms with Gasteiger partial charge in [-0.1, -0.05) is 50.1 Å². The highest BCUT2D eigenvalue weighted by Gasteiger charge is 2.03. The Morgan fingerprint density at radius 1 is 0.870 bits per heavy atom. The first-order valence-electron chi connectivity index (χ1n) is 8.35. The van der Waals surface area contributed by atoms with Crippen LogP contribution in [-0.4, -0.2) is 23.5 Å². The third kappa shape index (κ3) is 9.95. The Morgan fingerprint density at radius 3 is 1.96 bits per heavy atom. The van der Waals surface area contributed by atoms with Gasteiger partial charge in [-0.2, -0.15) is 0 Å². The molecule has 0 bridgehead atoms. The number of carbonyl (C=O) groups excluding carboxylic acids is 1. The molecule has 2 N–H and O–H groups in total. The molecule has 0 fully saturated rings. The molecular weight excluding hydrogens is 314 g/mol. The highest BCUT2D eigenvalue weighted by Crippen LogP contribution is 2.10. The van der Waals surface area contributed by atoms with Gasteiger partial charge in [-0.3, -0.25) is 9.59 Å². The van der Waals surface area contributed by atoms with Crippen molar-refractivity contribution in [3.8, 4) is 0 Å². The van der Waals surface area contributed by atoms with Crippen LogP contribution in [0.2, 0.25) is 5.02 Å². The first-order valence-corrected chi connectivity index (χ1v) is 8.73. The van der Waals surface area contributed by atoms with Crippen molar-refractivity contribution in [1.82, 2.24) is 5.32 Å². The molecule has 0 heterocycles. The van der Waals surface area contributed by atoms with Gasteiger partial charge >= 0.3 is 5.97 Å². The van der Waals surface area contributed by atoms with E-state index in [1.165, 1.54) is 6.42 Å². The Morgan fingerprint density at radius 2 is 1.39 bits per heavy atom. The molecule has 1 aromatic rings. The van der Waals surface area contributed by atoms with E-state index in [1.807, 2.05) is 0 Å². The summed E-state index contributed by atoms with van der Waals surface area (Å²) in [5.41, 5.74) is 0.635. The summed E-state index contributed by atoms with van der Waals surface area (Å²) in [4.78, 5) is 22.2. The van der Waals surface area contributed by atoms with Crippen molar-refractivity contribution in [3.63, 3.8) is 0 Å². The molecule has 0 spiro atoms. The van der Waals surface area contributed by atoms with Gasteiger partial charge in [0.15, 0.2) is 0 Å². The number of rotatable bonds is 12. The summed E-state index contributed by atoms with van der Waals surface area (Å²) in [6, 6.07) is 6.88. The Kier molecular flexibility index (Phi) is 10.1. The number of nitrogens with one attached hydrogen (secondary N) is 1. The summed E-state index contributed by atoms with van der Waals surface area (Å²) in [7, 11) is 0. The maximum atomic E-state index is 11.8. The van der Waals surface area contributed by atoms with Crippen LogP contribution in [0.15, 0.2) is 24.3 Å². The molecule has 0 aromatic heterocycles. The zero-order valence-electron chi connectivity index (χ0n) is 13.5. The van der Waals surface area contributed by atoms with Gasteiger partial charge in [0.1, 0.15) is 0 Å². The number of carboxylic acid groups (broad SMARTS) is 1. The van der Waals surface area contributed by atoms with Crippen LogP contribution in [0.3, 0.4) is 0 Å². The molecule has 1 aromatic carbocycles. The monoisotopic (exact) mass is 339 g/mol. The number of halogens is 1. The summed E-state index contributed by atoms with van der Waals surface area (Å²) < 4.78 is 0. The molecule has 4 nitrogen and oxygen atoms in total. The zero-order chi connectivity index (χ0) is 16.9. The van der Waals surface area contributed by atoms with Gasteiger partial charge in [-0.15, -0.1) is 0 Å². The quantitative estimate of drug-likeness (QED) is 0.544. The molecule has 0 unspecified atom stereocenters. The highest BCUT2D eigenvalue weighted by atomic mass is 35.5. The molecule has 0 aliphatic heterocycles. The van der Waals surface area contributed by atoms with E-state index in [-0.39, 0.29) is 12.3 Å². The van der Waals surface area contributed by atoms with Gasteiger partial charge in [0.25, 0.3) is 5.91 Å². The lowest BCUT2D eigenvalue weighted by Crippen LogP contribution is -2.24. The third-order valence-corrected chi connectivity index (χ3v) is 3.96. The number of carboxylic acids is 1. The van der Waals surface area contributed by atoms with Crippen LogP contribution in [0.4, 0.5) is 0 Å². The molecule has 128 valence electrons. The first kappa shape index (κ1) is 19.5. The zero-order valence-corrected chi connectivity index (χ0v) is 14.3. The number of amides is 1. The lowest BCUT2D eigenvalue weighted by Gasteiger charge is -2.05. The predicted octanol–water partition coefficient (Wildman–Crippen LogP) is 4.67. The Balaban J connectivity index is 1.92. The first-order chi connectivity index (χ1) is 11.1. The minimum atomic E-state index is -0.703. The van der Waals surface area contributed by atoms with Crippen molar-refractivity contribution in [1.29, 1.82) is 0 Å². The minimum Gasteiger partial charge on any atom is -0.481 e. The van der Waals surface area contributed by atoms with Crippen molar-refractivity contribution >= 4 is 23.5 Å². The third-order valence-electron chi connectivity index (χ3n) is 3.71. The van der Waals surface area contributed by atoms with E-state index in [4.69, 9.17) is 16.7 Å². The maximum absolute atomic E-state index is 11.8. The van der Waals surface area contributed by atoms with Gasteiger partial charge in [-0.25, -0.2) is 0 Å². The smallest absolute Gasteiger partial charge is 0.303 e. The van der Waals surface area contributed by atoms with Crippen LogP contribution in [0.1, 0.15) is 68.1 Å². The molecule has 1 amide bonds. The largest absolute Gasteiger partial charge is 0.481 e. The Bertz CT molecular complexity index is 474. The molecule has 1 rings (SSSR count). The molecule has 0 aliphatic rings. The summed E-state index contributed by atoms with van der Waals surface area (Å²) >= 11 is 5.79. The average Bonchev–Trinajstić information content (AvgIpc) is 2.52. The van der Waals surface area contributed by atoms with Gasteiger partial charge in [0, 0.05) is 23.6 Å². The minimum absolute atomic E-state index is 0.0555. The standard InChI is InChI=1S/C18H26ClNO3/c19-16-12-10-15(11-13-16)18(23)20-14-8-6-4-2-1-3-5-7-9-17(21)22/h10-13H,1-9,14H2,(H,20,23)(H,21,22). The van der Waals surface area contributed by atoms with E-state index in [9.17, 15) is 9.59 Å². The second-order valence-electron chi connectivity index (χ2n) is 5.73. The van der Waals surface area contributed by atoms with Crippen LogP contribution in [0.5, 0.6) is 0 Å². The second-order valence-corrected chi connectivity index (χ2v) is 6.17. The average molecular weight is 340 g/mol. The van der Waals surface area contributed by atoms with E-state index >= 15 is 0 Å². The van der Waals surface area contributed by atoms with Gasteiger partial charge < -0.3 is 10.4 Å². The summed E-state index contributed by atoms with van der Waals surface area (Å²) in [6.07, 6.45) is 8.78. The molecule has 5 heteroatoms. The number of hydrogen-bond donors (Lipinski definition) is 2. The lowest BCUT2D eigenvalue weighted by molar-refractivity contribution is -0.137. The van der Waals surface area contributed by atoms with Gasteiger partial charge in [0.05, 0.1) is 0 Å². The Labute approximate surface area is 143 Å². The number of unbranched alkanes of at least 4 members (excludes halogenated alkanes) is 7. The molecule has 0 radical (unpaired) electrons. The van der Waals surface area contributed by atoms with E-state index in [0.717, 1.165) is 44.9 Å². The van der Waals surface area contributed by atoms with Crippen LogP contribution in [0.25, 0.3) is 0 Å². The molecule has 0 saturated carbocycles. The van der Waals surface area contributed by atoms with Gasteiger partial charge in [0.2, 0.25) is 0 Å². The maximum Gasteiger partial charge on any atom is 0.303 e. The Hall–Kier alpha value is -1.55. The SMILES string of the molecule is O=C(O)CCCCCCCCCCNC(=O)c1ccc(Cl)cc1. The topological polar surface area (TPSA) is 66.4 Å². The second kappa shape index (κ2) is 11.9. The molecule has 0 saturated heterocycles.